The summed E-state index contributed by atoms with van der Waals surface area (Å²) < 4.78 is 26.3. The Balaban J connectivity index is 4.09. The van der Waals surface area contributed by atoms with Crippen molar-refractivity contribution in [2.45, 2.75) is 161 Å². The smallest absolute Gasteiger partial charge is 0.462 e. The fraction of sp³-hybridized carbons (Fsp3) is 0.659. The lowest BCUT2D eigenvalue weighted by Crippen LogP contribution is -2.29. The number of hydrogen-bond donors (Lipinski definition) is 2. The van der Waals surface area contributed by atoms with Crippen LogP contribution in [0.4, 0.5) is 0 Å². The number of carbonyl (C=O) groups excluding carboxylic acids is 2. The van der Waals surface area contributed by atoms with Crippen molar-refractivity contribution in [2.75, 3.05) is 13.2 Å². The number of hydrogen-bond acceptors (Lipinski definition) is 6. The van der Waals surface area contributed by atoms with Crippen molar-refractivity contribution in [1.82, 2.24) is 0 Å². The van der Waals surface area contributed by atoms with Crippen LogP contribution in [0.2, 0.25) is 0 Å². The Morgan fingerprint density at radius 1 is 0.540 bits per heavy atom. The Kier molecular flexibility index (Phi) is 34.5. The fourth-order valence-electron chi connectivity index (χ4n) is 4.87. The van der Waals surface area contributed by atoms with Gasteiger partial charge in [0.25, 0.3) is 0 Å². The average molecular weight is 721 g/mol. The van der Waals surface area contributed by atoms with Crippen molar-refractivity contribution in [1.29, 1.82) is 0 Å². The Morgan fingerprint density at radius 2 is 0.980 bits per heavy atom. The summed E-state index contributed by atoms with van der Waals surface area (Å²) in [6, 6.07) is 0. The van der Waals surface area contributed by atoms with Gasteiger partial charge in [-0.1, -0.05) is 138 Å². The maximum atomic E-state index is 12.3. The molecule has 0 saturated carbocycles. The van der Waals surface area contributed by atoms with Gasteiger partial charge in [-0.15, -0.1) is 0 Å². The third kappa shape index (κ3) is 38.3. The van der Waals surface area contributed by atoms with Crippen LogP contribution in [-0.4, -0.2) is 41.0 Å². The van der Waals surface area contributed by atoms with E-state index in [-0.39, 0.29) is 19.4 Å². The second-order valence-electron chi connectivity index (χ2n) is 12.5. The highest BCUT2D eigenvalue weighted by atomic mass is 31.2. The number of ether oxygens (including phenoxy) is 2. The van der Waals surface area contributed by atoms with Crippen LogP contribution in [0, 0.1) is 0 Å². The first-order valence-corrected chi connectivity index (χ1v) is 20.8. The standard InChI is InChI=1S/C41H69O8P/c1-3-5-7-9-11-13-15-17-19-20-22-24-26-28-30-32-34-36-41(43)49-39(38-48-50(44,45)46)37-47-40(42)35-33-31-29-27-25-23-21-18-16-14-12-10-8-6-4-2/h5,7,11,13-14,16-17,19,22,24,28,30,39H,3-4,6,8-10,12,15,18,20-21,23,25-27,29,31-38H2,1-2H3,(H2,44,45,46)/b7-5-,13-11-,16-14-,19-17-,24-22-,30-28-/t39-/m1/s1. The molecule has 0 aromatic rings. The third-order valence-corrected chi connectivity index (χ3v) is 8.19. The van der Waals surface area contributed by atoms with Gasteiger partial charge in [-0.2, -0.15) is 0 Å². The number of unbranched alkanes of at least 4 members (excludes halogenated alkanes) is 12. The highest BCUT2D eigenvalue weighted by Crippen LogP contribution is 2.35. The molecule has 0 spiro atoms. The molecule has 0 aliphatic carbocycles. The zero-order chi connectivity index (χ0) is 36.8. The predicted molar refractivity (Wildman–Crippen MR) is 207 cm³/mol. The van der Waals surface area contributed by atoms with Gasteiger partial charge in [-0.3, -0.25) is 14.1 Å². The van der Waals surface area contributed by atoms with Crippen molar-refractivity contribution in [3.05, 3.63) is 72.9 Å². The Morgan fingerprint density at radius 3 is 1.52 bits per heavy atom. The van der Waals surface area contributed by atoms with Crippen LogP contribution in [0.15, 0.2) is 72.9 Å². The largest absolute Gasteiger partial charge is 0.469 e. The Hall–Kier alpha value is -2.51. The number of allylic oxidation sites excluding steroid dienone is 12. The van der Waals surface area contributed by atoms with Crippen LogP contribution in [0.5, 0.6) is 0 Å². The van der Waals surface area contributed by atoms with E-state index in [9.17, 15) is 14.2 Å². The average Bonchev–Trinajstić information content (AvgIpc) is 3.08. The Labute approximate surface area is 304 Å². The minimum Gasteiger partial charge on any atom is -0.462 e. The van der Waals surface area contributed by atoms with Gasteiger partial charge in [0.05, 0.1) is 6.61 Å². The molecule has 0 aromatic carbocycles. The maximum absolute atomic E-state index is 12.3. The van der Waals surface area contributed by atoms with Crippen LogP contribution < -0.4 is 0 Å². The van der Waals surface area contributed by atoms with E-state index in [1.165, 1.54) is 51.4 Å². The summed E-state index contributed by atoms with van der Waals surface area (Å²) in [4.78, 5) is 42.7. The molecule has 0 aliphatic heterocycles. The van der Waals surface area contributed by atoms with Crippen LogP contribution in [0.3, 0.4) is 0 Å². The molecular weight excluding hydrogens is 651 g/mol. The number of carbonyl (C=O) groups is 2. The molecule has 0 aromatic heterocycles. The quantitative estimate of drug-likeness (QED) is 0.0292. The zero-order valence-electron chi connectivity index (χ0n) is 31.3. The summed E-state index contributed by atoms with van der Waals surface area (Å²) in [5.41, 5.74) is 0. The lowest BCUT2D eigenvalue weighted by Gasteiger charge is -2.18. The lowest BCUT2D eigenvalue weighted by molar-refractivity contribution is -0.161. The topological polar surface area (TPSA) is 119 Å². The monoisotopic (exact) mass is 720 g/mol. The van der Waals surface area contributed by atoms with E-state index in [2.05, 4.69) is 79.1 Å². The van der Waals surface area contributed by atoms with E-state index in [0.717, 1.165) is 57.8 Å². The van der Waals surface area contributed by atoms with Crippen LogP contribution in [0.1, 0.15) is 155 Å². The molecule has 9 heteroatoms. The van der Waals surface area contributed by atoms with Crippen molar-refractivity contribution in [2.24, 2.45) is 0 Å². The van der Waals surface area contributed by atoms with Gasteiger partial charge in [-0.05, 0) is 77.0 Å². The van der Waals surface area contributed by atoms with E-state index in [0.29, 0.717) is 19.3 Å². The number of phosphoric acid groups is 1. The molecule has 0 heterocycles. The highest BCUT2D eigenvalue weighted by molar-refractivity contribution is 7.46. The molecule has 50 heavy (non-hydrogen) atoms. The highest BCUT2D eigenvalue weighted by Gasteiger charge is 2.22. The van der Waals surface area contributed by atoms with Gasteiger partial charge in [0, 0.05) is 12.8 Å². The Bertz CT molecular complexity index is 1040. The maximum Gasteiger partial charge on any atom is 0.469 e. The predicted octanol–water partition coefficient (Wildman–Crippen LogP) is 11.5. The molecule has 0 saturated heterocycles. The van der Waals surface area contributed by atoms with E-state index < -0.39 is 32.5 Å². The van der Waals surface area contributed by atoms with E-state index in [1.54, 1.807) is 0 Å². The van der Waals surface area contributed by atoms with Gasteiger partial charge in [0.15, 0.2) is 6.10 Å². The van der Waals surface area contributed by atoms with Gasteiger partial charge < -0.3 is 19.3 Å². The van der Waals surface area contributed by atoms with Crippen molar-refractivity contribution >= 4 is 19.8 Å². The number of phosphoric ester groups is 1. The molecule has 8 nitrogen and oxygen atoms in total. The molecular formula is C41H69O8P. The lowest BCUT2D eigenvalue weighted by atomic mass is 10.1. The summed E-state index contributed by atoms with van der Waals surface area (Å²) >= 11 is 0. The molecule has 0 amide bonds. The van der Waals surface area contributed by atoms with Crippen molar-refractivity contribution in [3.63, 3.8) is 0 Å². The first-order valence-electron chi connectivity index (χ1n) is 19.2. The molecule has 1 atom stereocenters. The minimum absolute atomic E-state index is 0.129. The SMILES string of the molecule is CC/C=C\C/C=C\C/C=C\C/C=C\C/C=C\CCCC(=O)O[C@H](COC(=O)CCCCCCCCC/C=C\CCCCCC)COP(=O)(O)O. The first-order chi connectivity index (χ1) is 24.3. The van der Waals surface area contributed by atoms with Crippen molar-refractivity contribution in [3.8, 4) is 0 Å². The molecule has 0 aliphatic rings. The normalized spacial score (nSPS) is 13.3. The van der Waals surface area contributed by atoms with Crippen molar-refractivity contribution < 1.29 is 37.9 Å². The van der Waals surface area contributed by atoms with E-state index in [1.807, 2.05) is 12.2 Å². The summed E-state index contributed by atoms with van der Waals surface area (Å²) in [5.74, 6) is -0.965. The molecule has 0 radical (unpaired) electrons. The molecule has 2 N–H and O–H groups in total. The molecule has 0 unspecified atom stereocenters. The van der Waals surface area contributed by atoms with Gasteiger partial charge >= 0.3 is 19.8 Å². The summed E-state index contributed by atoms with van der Waals surface area (Å²) in [6.45, 7) is 3.49. The summed E-state index contributed by atoms with van der Waals surface area (Å²) in [7, 11) is -4.77. The molecule has 0 rings (SSSR count). The fourth-order valence-corrected chi connectivity index (χ4v) is 5.23. The molecule has 286 valence electrons. The van der Waals surface area contributed by atoms with E-state index in [4.69, 9.17) is 19.3 Å². The molecule has 0 fully saturated rings. The van der Waals surface area contributed by atoms with Crippen LogP contribution in [-0.2, 0) is 28.2 Å². The second-order valence-corrected chi connectivity index (χ2v) is 13.8. The zero-order valence-corrected chi connectivity index (χ0v) is 32.2. The minimum atomic E-state index is -4.77. The first kappa shape index (κ1) is 47.5. The summed E-state index contributed by atoms with van der Waals surface area (Å²) in [6.07, 6.45) is 46.3. The van der Waals surface area contributed by atoms with Gasteiger partial charge in [-0.25, -0.2) is 4.57 Å². The van der Waals surface area contributed by atoms with Gasteiger partial charge in [0.1, 0.15) is 6.61 Å². The van der Waals surface area contributed by atoms with Crippen LogP contribution in [0.25, 0.3) is 0 Å². The summed E-state index contributed by atoms with van der Waals surface area (Å²) in [5, 5.41) is 0. The molecule has 0 bridgehead atoms. The third-order valence-electron chi connectivity index (χ3n) is 7.71. The number of esters is 2. The van der Waals surface area contributed by atoms with Gasteiger partial charge in [0.2, 0.25) is 0 Å². The van der Waals surface area contributed by atoms with Crippen LogP contribution >= 0.6 is 7.82 Å². The van der Waals surface area contributed by atoms with E-state index >= 15 is 0 Å². The number of rotatable bonds is 34. The second kappa shape index (κ2) is 36.3.